The van der Waals surface area contributed by atoms with E-state index in [1.165, 1.54) is 57.4 Å². The third kappa shape index (κ3) is 4.40. The Balaban J connectivity index is 1.29. The van der Waals surface area contributed by atoms with Crippen LogP contribution in [0.15, 0.2) is 35.3 Å². The minimum Gasteiger partial charge on any atom is -0.357 e. The predicted octanol–water partition coefficient (Wildman–Crippen LogP) is 3.17. The average Bonchev–Trinajstić information content (AvgIpc) is 3.04. The highest BCUT2D eigenvalue weighted by atomic mass is 15.3. The highest BCUT2D eigenvalue weighted by molar-refractivity contribution is 5.80. The van der Waals surface area contributed by atoms with Crippen molar-refractivity contribution in [1.29, 1.82) is 0 Å². The van der Waals surface area contributed by atoms with Gasteiger partial charge in [0.2, 0.25) is 0 Å². The second-order valence-corrected chi connectivity index (χ2v) is 8.32. The van der Waals surface area contributed by atoms with Gasteiger partial charge in [0.1, 0.15) is 0 Å². The van der Waals surface area contributed by atoms with Gasteiger partial charge in [-0.15, -0.1) is 0 Å². The number of nitrogens with one attached hydrogen (secondary N) is 1. The third-order valence-electron chi connectivity index (χ3n) is 6.26. The lowest BCUT2D eigenvalue weighted by molar-refractivity contribution is 0.281. The predicted molar refractivity (Wildman–Crippen MR) is 109 cm³/mol. The van der Waals surface area contributed by atoms with Crippen LogP contribution in [0.5, 0.6) is 0 Å². The highest BCUT2D eigenvalue weighted by Crippen LogP contribution is 2.47. The van der Waals surface area contributed by atoms with E-state index in [0.29, 0.717) is 0 Å². The molecule has 2 heterocycles. The summed E-state index contributed by atoms with van der Waals surface area (Å²) >= 11 is 0. The number of nitrogens with zero attached hydrogens (tertiary/aromatic N) is 3. The fraction of sp³-hybridized carbons (Fsp3) is 0.682. The van der Waals surface area contributed by atoms with Crippen LogP contribution >= 0.6 is 0 Å². The molecule has 0 radical (unpaired) electrons. The number of likely N-dealkylation sites (tertiary alicyclic amines) is 2. The zero-order valence-corrected chi connectivity index (χ0v) is 16.2. The Kier molecular flexibility index (Phi) is 5.78. The standard InChI is InChI=1S/C22H34N4/c1-2-23-22(24-15-20-14-21(20)19-8-4-3-5-9-19)26-13-10-18(17-26)16-25-11-6-7-12-25/h3-5,8-9,18,20-21H,2,6-7,10-17H2,1H3,(H,23,24). The Morgan fingerprint density at radius 1 is 1.15 bits per heavy atom. The van der Waals surface area contributed by atoms with E-state index in [-0.39, 0.29) is 0 Å². The first-order valence-corrected chi connectivity index (χ1v) is 10.6. The van der Waals surface area contributed by atoms with Gasteiger partial charge in [-0.3, -0.25) is 4.99 Å². The summed E-state index contributed by atoms with van der Waals surface area (Å²) in [5.41, 5.74) is 1.49. The number of aliphatic imine (C=N–C) groups is 1. The van der Waals surface area contributed by atoms with E-state index in [4.69, 9.17) is 4.99 Å². The summed E-state index contributed by atoms with van der Waals surface area (Å²) in [6.07, 6.45) is 5.40. The van der Waals surface area contributed by atoms with Crippen molar-refractivity contribution in [3.63, 3.8) is 0 Å². The molecule has 142 valence electrons. The van der Waals surface area contributed by atoms with Crippen molar-refractivity contribution in [2.75, 3.05) is 45.8 Å². The molecule has 4 heteroatoms. The van der Waals surface area contributed by atoms with Crippen molar-refractivity contribution in [2.24, 2.45) is 16.8 Å². The van der Waals surface area contributed by atoms with Crippen LogP contribution in [0.25, 0.3) is 0 Å². The zero-order chi connectivity index (χ0) is 17.8. The monoisotopic (exact) mass is 354 g/mol. The lowest BCUT2D eigenvalue weighted by atomic mass is 10.1. The Morgan fingerprint density at radius 2 is 1.96 bits per heavy atom. The Morgan fingerprint density at radius 3 is 2.73 bits per heavy atom. The molecule has 1 N–H and O–H groups in total. The fourth-order valence-electron chi connectivity index (χ4n) is 4.69. The normalized spacial score (nSPS) is 29.3. The topological polar surface area (TPSA) is 30.9 Å². The van der Waals surface area contributed by atoms with E-state index in [9.17, 15) is 0 Å². The van der Waals surface area contributed by atoms with Gasteiger partial charge in [0.15, 0.2) is 5.96 Å². The molecule has 0 spiro atoms. The number of hydrogen-bond acceptors (Lipinski definition) is 2. The summed E-state index contributed by atoms with van der Waals surface area (Å²) in [5.74, 6) is 3.42. The van der Waals surface area contributed by atoms with Gasteiger partial charge in [-0.2, -0.15) is 0 Å². The van der Waals surface area contributed by atoms with Crippen LogP contribution in [-0.2, 0) is 0 Å². The number of benzene rings is 1. The lowest BCUT2D eigenvalue weighted by Crippen LogP contribution is -2.41. The van der Waals surface area contributed by atoms with Crippen molar-refractivity contribution in [3.8, 4) is 0 Å². The molecule has 26 heavy (non-hydrogen) atoms. The summed E-state index contributed by atoms with van der Waals surface area (Å²) in [4.78, 5) is 10.2. The van der Waals surface area contributed by atoms with Crippen molar-refractivity contribution in [2.45, 2.75) is 38.5 Å². The summed E-state index contributed by atoms with van der Waals surface area (Å²) < 4.78 is 0. The highest BCUT2D eigenvalue weighted by Gasteiger charge is 2.38. The van der Waals surface area contributed by atoms with Gasteiger partial charge in [-0.05, 0) is 69.0 Å². The molecule has 1 aromatic carbocycles. The quantitative estimate of drug-likeness (QED) is 0.629. The Hall–Kier alpha value is -1.55. The van der Waals surface area contributed by atoms with E-state index in [1.54, 1.807) is 0 Å². The minimum absolute atomic E-state index is 0.726. The van der Waals surface area contributed by atoms with Gasteiger partial charge in [0.05, 0.1) is 0 Å². The molecule has 3 unspecified atom stereocenters. The average molecular weight is 355 g/mol. The molecule has 2 saturated heterocycles. The van der Waals surface area contributed by atoms with Crippen LogP contribution in [0.3, 0.4) is 0 Å². The van der Waals surface area contributed by atoms with Gasteiger partial charge in [0, 0.05) is 32.7 Å². The molecule has 3 fully saturated rings. The zero-order valence-electron chi connectivity index (χ0n) is 16.2. The van der Waals surface area contributed by atoms with Crippen LogP contribution in [0.4, 0.5) is 0 Å². The molecule has 4 nitrogen and oxygen atoms in total. The van der Waals surface area contributed by atoms with Gasteiger partial charge in [0.25, 0.3) is 0 Å². The van der Waals surface area contributed by atoms with E-state index in [1.807, 2.05) is 0 Å². The lowest BCUT2D eigenvalue weighted by Gasteiger charge is -2.23. The fourth-order valence-corrected chi connectivity index (χ4v) is 4.69. The SMILES string of the molecule is CCNC(=NCC1CC1c1ccccc1)N1CCC(CN2CCCC2)C1. The van der Waals surface area contributed by atoms with Gasteiger partial charge >= 0.3 is 0 Å². The van der Waals surface area contributed by atoms with Crippen molar-refractivity contribution in [3.05, 3.63) is 35.9 Å². The second kappa shape index (κ2) is 8.43. The molecule has 0 amide bonds. The molecule has 0 aromatic heterocycles. The van der Waals surface area contributed by atoms with Crippen LogP contribution in [0.1, 0.15) is 44.1 Å². The second-order valence-electron chi connectivity index (χ2n) is 8.32. The smallest absolute Gasteiger partial charge is 0.193 e. The van der Waals surface area contributed by atoms with E-state index in [2.05, 4.69) is 52.4 Å². The third-order valence-corrected chi connectivity index (χ3v) is 6.26. The summed E-state index contributed by atoms with van der Waals surface area (Å²) in [5, 5.41) is 3.54. The van der Waals surface area contributed by atoms with Crippen LogP contribution in [0.2, 0.25) is 0 Å². The Bertz CT molecular complexity index is 593. The Labute approximate surface area is 158 Å². The molecule has 0 bridgehead atoms. The van der Waals surface area contributed by atoms with Gasteiger partial charge in [-0.25, -0.2) is 0 Å². The molecule has 3 aliphatic rings. The van der Waals surface area contributed by atoms with Crippen molar-refractivity contribution >= 4 is 5.96 Å². The summed E-state index contributed by atoms with van der Waals surface area (Å²) in [6, 6.07) is 11.0. The van der Waals surface area contributed by atoms with Crippen molar-refractivity contribution < 1.29 is 0 Å². The number of guanidine groups is 1. The van der Waals surface area contributed by atoms with E-state index < -0.39 is 0 Å². The van der Waals surface area contributed by atoms with E-state index >= 15 is 0 Å². The molecule has 4 rings (SSSR count). The van der Waals surface area contributed by atoms with Crippen LogP contribution in [-0.4, -0.2) is 61.6 Å². The minimum atomic E-state index is 0.726. The maximum absolute atomic E-state index is 5.02. The summed E-state index contributed by atoms with van der Waals surface area (Å²) in [6.45, 7) is 10.4. The molecule has 1 saturated carbocycles. The first kappa shape index (κ1) is 17.8. The molecular formula is C22H34N4. The molecular weight excluding hydrogens is 320 g/mol. The maximum Gasteiger partial charge on any atom is 0.193 e. The summed E-state index contributed by atoms with van der Waals surface area (Å²) in [7, 11) is 0. The largest absolute Gasteiger partial charge is 0.357 e. The molecule has 2 aliphatic heterocycles. The number of hydrogen-bond donors (Lipinski definition) is 1. The maximum atomic E-state index is 5.02. The number of rotatable bonds is 6. The molecule has 3 atom stereocenters. The van der Waals surface area contributed by atoms with Gasteiger partial charge in [-0.1, -0.05) is 30.3 Å². The van der Waals surface area contributed by atoms with E-state index in [0.717, 1.165) is 43.3 Å². The van der Waals surface area contributed by atoms with Crippen LogP contribution < -0.4 is 5.32 Å². The molecule has 1 aliphatic carbocycles. The van der Waals surface area contributed by atoms with Gasteiger partial charge < -0.3 is 15.1 Å². The molecule has 1 aromatic rings. The van der Waals surface area contributed by atoms with Crippen LogP contribution in [0, 0.1) is 11.8 Å². The first-order valence-electron chi connectivity index (χ1n) is 10.6. The first-order chi connectivity index (χ1) is 12.8. The van der Waals surface area contributed by atoms with Crippen molar-refractivity contribution in [1.82, 2.24) is 15.1 Å².